The minimum Gasteiger partial charge on any atom is -0.481 e. The molecule has 0 aliphatic carbocycles. The van der Waals surface area contributed by atoms with Crippen LogP contribution in [0.4, 0.5) is 4.39 Å². The monoisotopic (exact) mass is 358 g/mol. The van der Waals surface area contributed by atoms with Gasteiger partial charge in [-0.05, 0) is 18.6 Å². The van der Waals surface area contributed by atoms with Crippen molar-refractivity contribution in [3.8, 4) is 0 Å². The number of nitrogens with two attached hydrogens (primary N) is 1. The van der Waals surface area contributed by atoms with Crippen LogP contribution in [0.5, 0.6) is 0 Å². The molecule has 21 heavy (non-hydrogen) atoms. The molecule has 1 aromatic carbocycles. The van der Waals surface area contributed by atoms with E-state index in [0.29, 0.717) is 10.0 Å². The molecular weight excluding hydrogens is 347 g/mol. The van der Waals surface area contributed by atoms with Crippen LogP contribution in [-0.4, -0.2) is 33.8 Å². The van der Waals surface area contributed by atoms with E-state index in [1.807, 2.05) is 0 Å². The largest absolute Gasteiger partial charge is 0.481 e. The maximum Gasteiger partial charge on any atom is 0.303 e. The van der Waals surface area contributed by atoms with E-state index in [9.17, 15) is 18.8 Å². The topological polar surface area (TPSA) is 101 Å². The number of hydrogen-bond acceptors (Lipinski definition) is 3. The molecule has 0 spiro atoms. The number of hydrogen-bond donors (Lipinski definition) is 2. The van der Waals surface area contributed by atoms with Gasteiger partial charge < -0.3 is 15.7 Å². The summed E-state index contributed by atoms with van der Waals surface area (Å²) in [6, 6.07) is 1.55. The molecule has 1 atom stereocenters. The number of amides is 2. The molecule has 8 heteroatoms. The Morgan fingerprint density at radius 3 is 2.67 bits per heavy atom. The molecule has 112 valence electrons. The Balaban J connectivity index is 2.32. The van der Waals surface area contributed by atoms with Crippen molar-refractivity contribution < 1.29 is 23.9 Å². The van der Waals surface area contributed by atoms with Crippen LogP contribution in [0, 0.1) is 5.82 Å². The summed E-state index contributed by atoms with van der Waals surface area (Å²) in [4.78, 5) is 35.5. The van der Waals surface area contributed by atoms with Gasteiger partial charge in [0.05, 0.1) is 5.56 Å². The van der Waals surface area contributed by atoms with Gasteiger partial charge in [-0.1, -0.05) is 15.9 Å². The maximum atomic E-state index is 13.8. The number of carboxylic acids is 1. The Morgan fingerprint density at radius 2 is 2.14 bits per heavy atom. The van der Waals surface area contributed by atoms with E-state index in [1.54, 1.807) is 0 Å². The maximum absolute atomic E-state index is 13.8. The van der Waals surface area contributed by atoms with E-state index in [0.717, 1.165) is 11.0 Å². The molecule has 2 amide bonds. The van der Waals surface area contributed by atoms with Crippen molar-refractivity contribution >= 4 is 33.7 Å². The molecule has 0 bridgehead atoms. The lowest BCUT2D eigenvalue weighted by Gasteiger charge is -2.24. The van der Waals surface area contributed by atoms with E-state index >= 15 is 0 Å². The quantitative estimate of drug-likeness (QED) is 0.827. The molecule has 1 heterocycles. The Kier molecular flexibility index (Phi) is 4.26. The molecule has 1 aliphatic heterocycles. The Hall–Kier alpha value is -1.96. The normalized spacial score (nSPS) is 15.0. The van der Waals surface area contributed by atoms with Crippen molar-refractivity contribution in [3.63, 3.8) is 0 Å². The molecule has 3 N–H and O–H groups in total. The summed E-state index contributed by atoms with van der Waals surface area (Å²) in [5.41, 5.74) is 5.57. The first kappa shape index (κ1) is 15.4. The first-order valence-corrected chi connectivity index (χ1v) is 6.91. The molecule has 2 rings (SSSR count). The third-order valence-electron chi connectivity index (χ3n) is 3.34. The smallest absolute Gasteiger partial charge is 0.303 e. The van der Waals surface area contributed by atoms with Gasteiger partial charge in [0.25, 0.3) is 5.91 Å². The summed E-state index contributed by atoms with van der Waals surface area (Å²) < 4.78 is 14.3. The third-order valence-corrected chi connectivity index (χ3v) is 4.09. The van der Waals surface area contributed by atoms with Crippen LogP contribution in [0.15, 0.2) is 16.6 Å². The number of fused-ring (bicyclic) bond motifs is 1. The van der Waals surface area contributed by atoms with Crippen molar-refractivity contribution in [2.45, 2.75) is 25.4 Å². The van der Waals surface area contributed by atoms with Gasteiger partial charge in [-0.2, -0.15) is 0 Å². The predicted octanol–water partition coefficient (Wildman–Crippen LogP) is 1.26. The van der Waals surface area contributed by atoms with E-state index in [4.69, 9.17) is 10.8 Å². The molecule has 0 saturated heterocycles. The van der Waals surface area contributed by atoms with Gasteiger partial charge in [0.1, 0.15) is 11.9 Å². The van der Waals surface area contributed by atoms with E-state index < -0.39 is 29.6 Å². The second-order valence-corrected chi connectivity index (χ2v) is 5.52. The molecule has 0 aromatic heterocycles. The Labute approximate surface area is 127 Å². The summed E-state index contributed by atoms with van der Waals surface area (Å²) >= 11 is 3.23. The molecule has 6 nitrogen and oxygen atoms in total. The summed E-state index contributed by atoms with van der Waals surface area (Å²) in [6.45, 7) is 0.0136. The molecule has 0 radical (unpaired) electrons. The van der Waals surface area contributed by atoms with Gasteiger partial charge in [-0.3, -0.25) is 14.4 Å². The number of benzene rings is 1. The van der Waals surface area contributed by atoms with Crippen molar-refractivity contribution in [2.75, 3.05) is 0 Å². The SMILES string of the molecule is NC(=O)C(CCC(=O)O)N1Cc2c(Br)ccc(F)c2C1=O. The highest BCUT2D eigenvalue weighted by Crippen LogP contribution is 2.33. The molecular formula is C13H12BrFN2O4. The van der Waals surface area contributed by atoms with Gasteiger partial charge in [0, 0.05) is 23.0 Å². The summed E-state index contributed by atoms with van der Waals surface area (Å²) in [5.74, 6) is -3.24. The van der Waals surface area contributed by atoms with E-state index in [2.05, 4.69) is 15.9 Å². The zero-order chi connectivity index (χ0) is 15.7. The molecule has 1 aliphatic rings. The van der Waals surface area contributed by atoms with Gasteiger partial charge in [0.2, 0.25) is 5.91 Å². The fourth-order valence-electron chi connectivity index (χ4n) is 2.33. The summed E-state index contributed by atoms with van der Waals surface area (Å²) in [7, 11) is 0. The molecule has 0 saturated carbocycles. The van der Waals surface area contributed by atoms with Crippen LogP contribution >= 0.6 is 15.9 Å². The summed E-state index contributed by atoms with van der Waals surface area (Å²) in [6.07, 6.45) is -0.416. The number of nitrogens with zero attached hydrogens (tertiary/aromatic N) is 1. The average Bonchev–Trinajstić information content (AvgIpc) is 2.73. The number of aliphatic carboxylic acids is 1. The fraction of sp³-hybridized carbons (Fsp3) is 0.308. The van der Waals surface area contributed by atoms with Crippen molar-refractivity contribution in [3.05, 3.63) is 33.5 Å². The van der Waals surface area contributed by atoms with Crippen LogP contribution in [0.2, 0.25) is 0 Å². The van der Waals surface area contributed by atoms with Gasteiger partial charge >= 0.3 is 5.97 Å². The first-order chi connectivity index (χ1) is 9.82. The minimum atomic E-state index is -1.10. The number of carbonyl (C=O) groups excluding carboxylic acids is 2. The lowest BCUT2D eigenvalue weighted by atomic mass is 10.1. The second kappa shape index (κ2) is 5.80. The molecule has 0 fully saturated rings. The van der Waals surface area contributed by atoms with Crippen LogP contribution in [0.25, 0.3) is 0 Å². The number of carboxylic acid groups (broad SMARTS) is 1. The van der Waals surface area contributed by atoms with Crippen LogP contribution in [0.1, 0.15) is 28.8 Å². The van der Waals surface area contributed by atoms with Gasteiger partial charge in [-0.15, -0.1) is 0 Å². The third kappa shape index (κ3) is 2.90. The second-order valence-electron chi connectivity index (χ2n) is 4.67. The number of rotatable bonds is 5. The lowest BCUT2D eigenvalue weighted by Crippen LogP contribution is -2.45. The van der Waals surface area contributed by atoms with Crippen LogP contribution in [-0.2, 0) is 16.1 Å². The summed E-state index contributed by atoms with van der Waals surface area (Å²) in [5, 5.41) is 8.69. The van der Waals surface area contributed by atoms with Gasteiger partial charge in [-0.25, -0.2) is 4.39 Å². The molecule has 1 unspecified atom stereocenters. The fourth-order valence-corrected chi connectivity index (χ4v) is 2.78. The zero-order valence-electron chi connectivity index (χ0n) is 10.8. The van der Waals surface area contributed by atoms with Crippen LogP contribution < -0.4 is 5.73 Å². The standard InChI is InChI=1S/C13H12BrFN2O4/c14-7-1-2-8(15)11-6(7)5-17(13(11)21)9(12(16)20)3-4-10(18)19/h1-2,9H,3-5H2,(H2,16,20)(H,18,19). The van der Waals surface area contributed by atoms with Crippen molar-refractivity contribution in [1.82, 2.24) is 4.90 Å². The Morgan fingerprint density at radius 1 is 1.48 bits per heavy atom. The van der Waals surface area contributed by atoms with Crippen LogP contribution in [0.3, 0.4) is 0 Å². The van der Waals surface area contributed by atoms with E-state index in [-0.39, 0.29) is 24.9 Å². The average molecular weight is 359 g/mol. The number of carbonyl (C=O) groups is 3. The zero-order valence-corrected chi connectivity index (χ0v) is 12.4. The minimum absolute atomic E-state index is 0.0136. The highest BCUT2D eigenvalue weighted by Gasteiger charge is 2.38. The van der Waals surface area contributed by atoms with Crippen molar-refractivity contribution in [2.24, 2.45) is 5.73 Å². The molecule has 1 aromatic rings. The van der Waals surface area contributed by atoms with Gasteiger partial charge in [0.15, 0.2) is 0 Å². The highest BCUT2D eigenvalue weighted by molar-refractivity contribution is 9.10. The Bertz CT molecular complexity index is 635. The number of primary amides is 1. The van der Waals surface area contributed by atoms with Crippen molar-refractivity contribution in [1.29, 1.82) is 0 Å². The van der Waals surface area contributed by atoms with E-state index in [1.165, 1.54) is 6.07 Å². The predicted molar refractivity (Wildman–Crippen MR) is 73.8 cm³/mol. The lowest BCUT2D eigenvalue weighted by molar-refractivity contribution is -0.137. The number of halogens is 2. The highest BCUT2D eigenvalue weighted by atomic mass is 79.9. The first-order valence-electron chi connectivity index (χ1n) is 6.12.